The minimum Gasteiger partial charge on any atom is -0.486 e. The number of hydrogen-bond donors (Lipinski definition) is 1. The van der Waals surface area contributed by atoms with Gasteiger partial charge in [-0.3, -0.25) is 10.1 Å². The molecular weight excluding hydrogens is 344 g/mol. The minimum atomic E-state index is -0.141. The molecule has 0 atom stereocenters. The Kier molecular flexibility index (Phi) is 3.95. The van der Waals surface area contributed by atoms with E-state index in [4.69, 9.17) is 9.47 Å². The van der Waals surface area contributed by atoms with E-state index in [9.17, 15) is 4.79 Å². The van der Waals surface area contributed by atoms with Gasteiger partial charge in [-0.25, -0.2) is 4.98 Å². The van der Waals surface area contributed by atoms with Gasteiger partial charge >= 0.3 is 0 Å². The molecule has 1 N–H and O–H groups in total. The number of amides is 1. The molecule has 24 heavy (non-hydrogen) atoms. The van der Waals surface area contributed by atoms with E-state index in [1.165, 1.54) is 22.7 Å². The van der Waals surface area contributed by atoms with Crippen LogP contribution in [0.4, 0.5) is 5.13 Å². The Bertz CT molecular complexity index is 901. The van der Waals surface area contributed by atoms with E-state index in [1.54, 1.807) is 6.20 Å². The molecule has 1 amide bonds. The lowest BCUT2D eigenvalue weighted by Gasteiger charge is -2.18. The fourth-order valence-corrected chi connectivity index (χ4v) is 3.94. The summed E-state index contributed by atoms with van der Waals surface area (Å²) >= 11 is 2.90. The highest BCUT2D eigenvalue weighted by atomic mass is 32.1. The van der Waals surface area contributed by atoms with E-state index in [0.717, 1.165) is 26.8 Å². The molecule has 0 saturated carbocycles. The summed E-state index contributed by atoms with van der Waals surface area (Å²) in [5, 5.41) is 3.45. The van der Waals surface area contributed by atoms with Crippen molar-refractivity contribution in [2.45, 2.75) is 6.92 Å². The predicted molar refractivity (Wildman–Crippen MR) is 95.5 cm³/mol. The van der Waals surface area contributed by atoms with Crippen molar-refractivity contribution in [3.05, 3.63) is 46.3 Å². The van der Waals surface area contributed by atoms with E-state index in [2.05, 4.69) is 10.3 Å². The van der Waals surface area contributed by atoms with E-state index >= 15 is 0 Å². The molecule has 0 spiro atoms. The van der Waals surface area contributed by atoms with Gasteiger partial charge in [0.05, 0.1) is 4.88 Å². The van der Waals surface area contributed by atoms with E-state index in [-0.39, 0.29) is 5.91 Å². The van der Waals surface area contributed by atoms with Crippen molar-refractivity contribution >= 4 is 33.7 Å². The highest BCUT2D eigenvalue weighted by Crippen LogP contribution is 2.37. The van der Waals surface area contributed by atoms with Crippen LogP contribution >= 0.6 is 22.7 Å². The molecule has 3 heterocycles. The lowest BCUT2D eigenvalue weighted by molar-refractivity contribution is 0.103. The molecule has 2 aromatic heterocycles. The Balaban J connectivity index is 1.55. The van der Waals surface area contributed by atoms with E-state index in [1.807, 2.05) is 37.3 Å². The number of hydrogen-bond acceptors (Lipinski definition) is 6. The Morgan fingerprint density at radius 2 is 1.96 bits per heavy atom. The number of aromatic nitrogens is 1. The third-order valence-corrected chi connectivity index (χ3v) is 5.46. The van der Waals surface area contributed by atoms with Crippen molar-refractivity contribution in [2.24, 2.45) is 0 Å². The standard InChI is InChI=1S/C17H14N2O3S2/c1-10-9-18-17(23-10)19-16(20)15-5-4-14(24-15)11-2-3-12-13(8-11)22-7-6-21-12/h2-5,8-9H,6-7H2,1H3,(H,18,19,20). The van der Waals surface area contributed by atoms with Crippen LogP contribution in [0.25, 0.3) is 10.4 Å². The summed E-state index contributed by atoms with van der Waals surface area (Å²) in [7, 11) is 0. The summed E-state index contributed by atoms with van der Waals surface area (Å²) in [6.07, 6.45) is 1.75. The number of anilines is 1. The van der Waals surface area contributed by atoms with Crippen LogP contribution in [0.3, 0.4) is 0 Å². The van der Waals surface area contributed by atoms with Gasteiger partial charge < -0.3 is 9.47 Å². The summed E-state index contributed by atoms with van der Waals surface area (Å²) in [5.41, 5.74) is 1.01. The number of nitrogens with zero attached hydrogens (tertiary/aromatic N) is 1. The second kappa shape index (κ2) is 6.26. The van der Waals surface area contributed by atoms with Crippen molar-refractivity contribution in [3.63, 3.8) is 0 Å². The molecule has 5 nitrogen and oxygen atoms in total. The molecule has 122 valence electrons. The lowest BCUT2D eigenvalue weighted by atomic mass is 10.1. The van der Waals surface area contributed by atoms with Crippen LogP contribution in [0.1, 0.15) is 14.5 Å². The molecule has 0 fully saturated rings. The molecule has 0 radical (unpaired) electrons. The maximum atomic E-state index is 12.3. The molecule has 0 saturated heterocycles. The smallest absolute Gasteiger partial charge is 0.267 e. The molecular formula is C17H14N2O3S2. The first-order chi connectivity index (χ1) is 11.7. The van der Waals surface area contributed by atoms with Gasteiger partial charge in [-0.15, -0.1) is 22.7 Å². The Morgan fingerprint density at radius 1 is 1.12 bits per heavy atom. The minimum absolute atomic E-state index is 0.141. The highest BCUT2D eigenvalue weighted by molar-refractivity contribution is 7.18. The zero-order chi connectivity index (χ0) is 16.5. The number of thiazole rings is 1. The third kappa shape index (κ3) is 3.00. The summed E-state index contributed by atoms with van der Waals surface area (Å²) in [4.78, 5) is 19.2. The fraction of sp³-hybridized carbons (Fsp3) is 0.176. The van der Waals surface area contributed by atoms with Gasteiger partial charge in [0, 0.05) is 16.0 Å². The maximum absolute atomic E-state index is 12.3. The van der Waals surface area contributed by atoms with Gasteiger partial charge in [0.25, 0.3) is 5.91 Å². The average molecular weight is 358 g/mol. The predicted octanol–water partition coefficient (Wildman–Crippen LogP) is 4.20. The van der Waals surface area contributed by atoms with Gasteiger partial charge in [-0.1, -0.05) is 0 Å². The second-order valence-corrected chi connectivity index (χ2v) is 7.57. The molecule has 0 bridgehead atoms. The first-order valence-corrected chi connectivity index (χ1v) is 9.06. The van der Waals surface area contributed by atoms with Gasteiger partial charge in [-0.2, -0.15) is 0 Å². The number of carbonyl (C=O) groups excluding carboxylic acids is 1. The summed E-state index contributed by atoms with van der Waals surface area (Å²) in [5.74, 6) is 1.37. The normalized spacial score (nSPS) is 12.9. The maximum Gasteiger partial charge on any atom is 0.267 e. The molecule has 4 rings (SSSR count). The Labute approximate surface area is 146 Å². The van der Waals surface area contributed by atoms with Gasteiger partial charge in [0.15, 0.2) is 16.6 Å². The van der Waals surface area contributed by atoms with Crippen LogP contribution in [-0.2, 0) is 0 Å². The number of carbonyl (C=O) groups is 1. The zero-order valence-electron chi connectivity index (χ0n) is 12.9. The van der Waals surface area contributed by atoms with Crippen LogP contribution in [0.5, 0.6) is 11.5 Å². The monoisotopic (exact) mass is 358 g/mol. The quantitative estimate of drug-likeness (QED) is 0.762. The molecule has 0 unspecified atom stereocenters. The number of rotatable bonds is 3. The van der Waals surface area contributed by atoms with E-state index < -0.39 is 0 Å². The largest absolute Gasteiger partial charge is 0.486 e. The Hall–Kier alpha value is -2.38. The summed E-state index contributed by atoms with van der Waals surface area (Å²) in [6.45, 7) is 3.09. The molecule has 0 aliphatic carbocycles. The van der Waals surface area contributed by atoms with Crippen molar-refractivity contribution in [3.8, 4) is 21.9 Å². The average Bonchev–Trinajstić information content (AvgIpc) is 3.24. The van der Waals surface area contributed by atoms with Gasteiger partial charge in [0.2, 0.25) is 0 Å². The van der Waals surface area contributed by atoms with Crippen LogP contribution in [0.15, 0.2) is 36.5 Å². The molecule has 1 aliphatic heterocycles. The first kappa shape index (κ1) is 15.2. The molecule has 3 aromatic rings. The van der Waals surface area contributed by atoms with Crippen LogP contribution in [0, 0.1) is 6.92 Å². The number of thiophene rings is 1. The Morgan fingerprint density at radius 3 is 2.75 bits per heavy atom. The fourth-order valence-electron chi connectivity index (χ4n) is 2.38. The van der Waals surface area contributed by atoms with Crippen LogP contribution < -0.4 is 14.8 Å². The second-order valence-electron chi connectivity index (χ2n) is 5.25. The summed E-state index contributed by atoms with van der Waals surface area (Å²) in [6, 6.07) is 9.60. The van der Waals surface area contributed by atoms with Crippen LogP contribution in [0.2, 0.25) is 0 Å². The van der Waals surface area contributed by atoms with Gasteiger partial charge in [0.1, 0.15) is 13.2 Å². The number of benzene rings is 1. The number of nitrogens with one attached hydrogen (secondary N) is 1. The van der Waals surface area contributed by atoms with Gasteiger partial charge in [-0.05, 0) is 42.8 Å². The number of fused-ring (bicyclic) bond motifs is 1. The van der Waals surface area contributed by atoms with Crippen LogP contribution in [-0.4, -0.2) is 24.1 Å². The van der Waals surface area contributed by atoms with Crippen molar-refractivity contribution < 1.29 is 14.3 Å². The number of ether oxygens (including phenoxy) is 2. The number of aryl methyl sites for hydroxylation is 1. The molecule has 7 heteroatoms. The van der Waals surface area contributed by atoms with Crippen molar-refractivity contribution in [2.75, 3.05) is 18.5 Å². The summed E-state index contributed by atoms with van der Waals surface area (Å²) < 4.78 is 11.1. The lowest BCUT2D eigenvalue weighted by Crippen LogP contribution is -2.15. The topological polar surface area (TPSA) is 60.5 Å². The molecule has 1 aliphatic rings. The first-order valence-electron chi connectivity index (χ1n) is 7.43. The zero-order valence-corrected chi connectivity index (χ0v) is 14.5. The SMILES string of the molecule is Cc1cnc(NC(=O)c2ccc(-c3ccc4c(c3)OCCO4)s2)s1. The third-order valence-electron chi connectivity index (χ3n) is 3.50. The molecule has 1 aromatic carbocycles. The van der Waals surface area contributed by atoms with E-state index in [0.29, 0.717) is 23.2 Å². The highest BCUT2D eigenvalue weighted by Gasteiger charge is 2.15. The van der Waals surface area contributed by atoms with Crippen molar-refractivity contribution in [1.29, 1.82) is 0 Å². The van der Waals surface area contributed by atoms with Crippen molar-refractivity contribution in [1.82, 2.24) is 4.98 Å².